The summed E-state index contributed by atoms with van der Waals surface area (Å²) < 4.78 is 27.7. The van der Waals surface area contributed by atoms with E-state index in [2.05, 4.69) is 15.9 Å². The van der Waals surface area contributed by atoms with Crippen LogP contribution >= 0.6 is 15.9 Å². The quantitative estimate of drug-likeness (QED) is 0.837. The van der Waals surface area contributed by atoms with Crippen molar-refractivity contribution in [2.45, 2.75) is 37.5 Å². The lowest BCUT2D eigenvalue weighted by Gasteiger charge is -2.21. The predicted molar refractivity (Wildman–Crippen MR) is 80.5 cm³/mol. The normalized spacial score (nSPS) is 18.2. The first-order valence-electron chi connectivity index (χ1n) is 6.48. The van der Waals surface area contributed by atoms with Crippen molar-refractivity contribution in [2.75, 3.05) is 18.8 Å². The van der Waals surface area contributed by atoms with Crippen LogP contribution in [0.2, 0.25) is 0 Å². The third-order valence-electron chi connectivity index (χ3n) is 3.48. The second-order valence-corrected chi connectivity index (χ2v) is 7.72. The van der Waals surface area contributed by atoms with Crippen LogP contribution in [0.3, 0.4) is 0 Å². The van der Waals surface area contributed by atoms with Crippen LogP contribution in [0.1, 0.15) is 31.2 Å². The fourth-order valence-electron chi connectivity index (χ4n) is 2.37. The molecule has 2 rings (SSSR count). The van der Waals surface area contributed by atoms with Gasteiger partial charge in [0.25, 0.3) is 0 Å². The zero-order chi connectivity index (χ0) is 14.0. The number of nitrogens with two attached hydrogens (primary N) is 1. The van der Waals surface area contributed by atoms with E-state index >= 15 is 0 Å². The monoisotopic (exact) mass is 346 g/mol. The van der Waals surface area contributed by atoms with Crippen molar-refractivity contribution < 1.29 is 8.42 Å². The van der Waals surface area contributed by atoms with Gasteiger partial charge in [-0.1, -0.05) is 12.8 Å². The van der Waals surface area contributed by atoms with E-state index in [-0.39, 0.29) is 0 Å². The maximum absolute atomic E-state index is 12.7. The number of nitrogen functional groups attached to an aromatic ring is 1. The minimum Gasteiger partial charge on any atom is -0.398 e. The first-order valence-corrected chi connectivity index (χ1v) is 8.72. The molecule has 0 spiro atoms. The molecule has 0 unspecified atom stereocenters. The van der Waals surface area contributed by atoms with Gasteiger partial charge in [-0.15, -0.1) is 0 Å². The van der Waals surface area contributed by atoms with E-state index in [0.717, 1.165) is 35.7 Å². The molecule has 106 valence electrons. The predicted octanol–water partition coefficient (Wildman–Crippen LogP) is 2.90. The van der Waals surface area contributed by atoms with Crippen LogP contribution in [0.15, 0.2) is 21.5 Å². The number of sulfonamides is 1. The standard InChI is InChI=1S/C13H19BrN2O2S/c1-10-8-11(14)12(15)9-13(10)19(17,18)16-6-4-2-3-5-7-16/h8-9H,2-7,15H2,1H3. The van der Waals surface area contributed by atoms with Crippen LogP contribution in [0.5, 0.6) is 0 Å². The van der Waals surface area contributed by atoms with E-state index in [1.807, 2.05) is 0 Å². The summed E-state index contributed by atoms with van der Waals surface area (Å²) >= 11 is 3.32. The van der Waals surface area contributed by atoms with E-state index in [1.54, 1.807) is 23.4 Å². The van der Waals surface area contributed by atoms with Crippen LogP contribution in [0, 0.1) is 6.92 Å². The van der Waals surface area contributed by atoms with Crippen LogP contribution in [0.25, 0.3) is 0 Å². The maximum atomic E-state index is 12.7. The van der Waals surface area contributed by atoms with Crippen LogP contribution in [0.4, 0.5) is 5.69 Å². The highest BCUT2D eigenvalue weighted by Gasteiger charge is 2.27. The Morgan fingerprint density at radius 3 is 2.32 bits per heavy atom. The van der Waals surface area contributed by atoms with Crippen molar-refractivity contribution in [3.05, 3.63) is 22.2 Å². The van der Waals surface area contributed by atoms with Gasteiger partial charge in [0.2, 0.25) is 10.0 Å². The SMILES string of the molecule is Cc1cc(Br)c(N)cc1S(=O)(=O)N1CCCCCC1. The Morgan fingerprint density at radius 2 is 1.74 bits per heavy atom. The van der Waals surface area contributed by atoms with Gasteiger partial charge in [0, 0.05) is 23.2 Å². The minimum atomic E-state index is -3.42. The molecule has 0 aromatic heterocycles. The molecule has 1 aliphatic heterocycles. The van der Waals surface area contributed by atoms with E-state index in [0.29, 0.717) is 23.7 Å². The highest BCUT2D eigenvalue weighted by molar-refractivity contribution is 9.10. The Balaban J connectivity index is 2.41. The van der Waals surface area contributed by atoms with E-state index in [4.69, 9.17) is 5.73 Å². The molecule has 0 bridgehead atoms. The zero-order valence-electron chi connectivity index (χ0n) is 11.0. The lowest BCUT2D eigenvalue weighted by Crippen LogP contribution is -2.32. The molecular weight excluding hydrogens is 328 g/mol. The fourth-order valence-corrected chi connectivity index (χ4v) is 4.58. The van der Waals surface area contributed by atoms with Gasteiger partial charge in [-0.25, -0.2) is 8.42 Å². The third kappa shape index (κ3) is 3.12. The average molecular weight is 347 g/mol. The number of hydrogen-bond acceptors (Lipinski definition) is 3. The lowest BCUT2D eigenvalue weighted by molar-refractivity contribution is 0.423. The maximum Gasteiger partial charge on any atom is 0.243 e. The van der Waals surface area contributed by atoms with Gasteiger partial charge >= 0.3 is 0 Å². The lowest BCUT2D eigenvalue weighted by atomic mass is 10.2. The average Bonchev–Trinajstić information content (AvgIpc) is 2.62. The number of aryl methyl sites for hydroxylation is 1. The second kappa shape index (κ2) is 5.81. The molecule has 0 radical (unpaired) electrons. The zero-order valence-corrected chi connectivity index (χ0v) is 13.4. The molecule has 1 aromatic carbocycles. The van der Waals surface area contributed by atoms with Crippen LogP contribution in [-0.2, 0) is 10.0 Å². The number of halogens is 1. The van der Waals surface area contributed by atoms with Crippen LogP contribution in [-0.4, -0.2) is 25.8 Å². The van der Waals surface area contributed by atoms with Gasteiger partial charge in [-0.2, -0.15) is 4.31 Å². The van der Waals surface area contributed by atoms with Gasteiger partial charge in [0.15, 0.2) is 0 Å². The number of hydrogen-bond donors (Lipinski definition) is 1. The molecule has 2 N–H and O–H groups in total. The number of benzene rings is 1. The Hall–Kier alpha value is -0.590. The summed E-state index contributed by atoms with van der Waals surface area (Å²) in [4.78, 5) is 0.329. The molecule has 0 atom stereocenters. The molecular formula is C13H19BrN2O2S. The van der Waals surface area contributed by atoms with Crippen molar-refractivity contribution in [1.82, 2.24) is 4.31 Å². The Bertz CT molecular complexity index is 564. The van der Waals surface area contributed by atoms with Gasteiger partial charge in [0.05, 0.1) is 4.90 Å². The van der Waals surface area contributed by atoms with Crippen molar-refractivity contribution in [3.8, 4) is 0 Å². The van der Waals surface area contributed by atoms with Gasteiger partial charge in [-0.3, -0.25) is 0 Å². The number of nitrogens with zero attached hydrogens (tertiary/aromatic N) is 1. The fraction of sp³-hybridized carbons (Fsp3) is 0.538. The number of rotatable bonds is 2. The van der Waals surface area contributed by atoms with Crippen molar-refractivity contribution in [2.24, 2.45) is 0 Å². The summed E-state index contributed by atoms with van der Waals surface area (Å²) in [5.41, 5.74) is 7.00. The summed E-state index contributed by atoms with van der Waals surface area (Å²) in [5, 5.41) is 0. The van der Waals surface area contributed by atoms with Crippen LogP contribution < -0.4 is 5.73 Å². The van der Waals surface area contributed by atoms with Gasteiger partial charge in [-0.05, 0) is 53.4 Å². The smallest absolute Gasteiger partial charge is 0.243 e. The molecule has 1 aromatic rings. The first kappa shape index (κ1) is 14.8. The number of anilines is 1. The minimum absolute atomic E-state index is 0.329. The molecule has 0 saturated carbocycles. The molecule has 1 heterocycles. The van der Waals surface area contributed by atoms with Crippen molar-refractivity contribution in [3.63, 3.8) is 0 Å². The molecule has 19 heavy (non-hydrogen) atoms. The van der Waals surface area contributed by atoms with Gasteiger partial charge in [0.1, 0.15) is 0 Å². The van der Waals surface area contributed by atoms with Crippen molar-refractivity contribution in [1.29, 1.82) is 0 Å². The molecule has 1 aliphatic rings. The molecule has 1 fully saturated rings. The summed E-state index contributed by atoms with van der Waals surface area (Å²) in [6, 6.07) is 3.32. The topological polar surface area (TPSA) is 63.4 Å². The summed E-state index contributed by atoms with van der Waals surface area (Å²) in [7, 11) is -3.42. The summed E-state index contributed by atoms with van der Waals surface area (Å²) in [6.45, 7) is 3.02. The van der Waals surface area contributed by atoms with E-state index < -0.39 is 10.0 Å². The molecule has 4 nitrogen and oxygen atoms in total. The Labute approximate surface area is 123 Å². The molecule has 0 aliphatic carbocycles. The first-order chi connectivity index (χ1) is 8.93. The van der Waals surface area contributed by atoms with E-state index in [9.17, 15) is 8.42 Å². The van der Waals surface area contributed by atoms with E-state index in [1.165, 1.54) is 0 Å². The second-order valence-electron chi connectivity index (χ2n) is 4.96. The Kier molecular flexibility index (Phi) is 4.53. The molecule has 1 saturated heterocycles. The van der Waals surface area contributed by atoms with Crippen molar-refractivity contribution >= 4 is 31.6 Å². The highest BCUT2D eigenvalue weighted by atomic mass is 79.9. The molecule has 0 amide bonds. The third-order valence-corrected chi connectivity index (χ3v) is 6.20. The van der Waals surface area contributed by atoms with Gasteiger partial charge < -0.3 is 5.73 Å². The highest BCUT2D eigenvalue weighted by Crippen LogP contribution is 2.29. The largest absolute Gasteiger partial charge is 0.398 e. The summed E-state index contributed by atoms with van der Waals surface area (Å²) in [5.74, 6) is 0. The Morgan fingerprint density at radius 1 is 1.16 bits per heavy atom. The molecule has 6 heteroatoms. The summed E-state index contributed by atoms with van der Waals surface area (Å²) in [6.07, 6.45) is 4.08.